The minimum Gasteiger partial charge on any atom is -0.489 e. The van der Waals surface area contributed by atoms with E-state index in [4.69, 9.17) is 20.8 Å². The average Bonchev–Trinajstić information content (AvgIpc) is 3.46. The Bertz CT molecular complexity index is 1170. The second-order valence-corrected chi connectivity index (χ2v) is 6.70. The average molecular weight is 421 g/mol. The van der Waals surface area contributed by atoms with Crippen LogP contribution in [-0.4, -0.2) is 22.3 Å². The van der Waals surface area contributed by atoms with E-state index >= 15 is 0 Å². The molecular weight excluding hydrogens is 404 g/mol. The number of aromatic nitrogens is 2. The summed E-state index contributed by atoms with van der Waals surface area (Å²) >= 11 is 6.17. The lowest BCUT2D eigenvalue weighted by atomic mass is 10.1. The Morgan fingerprint density at radius 2 is 2.07 bits per heavy atom. The van der Waals surface area contributed by atoms with Gasteiger partial charge in [0.1, 0.15) is 23.8 Å². The van der Waals surface area contributed by atoms with Gasteiger partial charge in [-0.3, -0.25) is 9.89 Å². The number of furan rings is 1. The van der Waals surface area contributed by atoms with Crippen LogP contribution in [0, 0.1) is 0 Å². The van der Waals surface area contributed by atoms with Crippen LogP contribution in [0.5, 0.6) is 5.75 Å². The molecule has 0 aliphatic rings. The van der Waals surface area contributed by atoms with Crippen LogP contribution in [0.15, 0.2) is 82.5 Å². The molecule has 0 saturated carbocycles. The van der Waals surface area contributed by atoms with Gasteiger partial charge in [-0.05, 0) is 36.4 Å². The van der Waals surface area contributed by atoms with E-state index in [2.05, 4.69) is 20.7 Å². The summed E-state index contributed by atoms with van der Waals surface area (Å²) < 4.78 is 11.0. The third-order valence-corrected chi connectivity index (χ3v) is 4.57. The summed E-state index contributed by atoms with van der Waals surface area (Å²) in [5.41, 5.74) is 5.02. The normalized spacial score (nSPS) is 11.0. The zero-order chi connectivity index (χ0) is 20.8. The van der Waals surface area contributed by atoms with E-state index in [-0.39, 0.29) is 5.69 Å². The number of carbonyl (C=O) groups is 1. The van der Waals surface area contributed by atoms with Crippen LogP contribution in [0.3, 0.4) is 0 Å². The first-order valence-electron chi connectivity index (χ1n) is 9.08. The van der Waals surface area contributed by atoms with E-state index in [0.717, 1.165) is 11.1 Å². The van der Waals surface area contributed by atoms with Gasteiger partial charge in [-0.25, -0.2) is 5.43 Å². The molecular formula is C22H17ClN4O3. The van der Waals surface area contributed by atoms with E-state index < -0.39 is 5.91 Å². The van der Waals surface area contributed by atoms with E-state index in [0.29, 0.717) is 28.8 Å². The van der Waals surface area contributed by atoms with Crippen molar-refractivity contribution >= 4 is 23.7 Å². The van der Waals surface area contributed by atoms with Crippen molar-refractivity contribution < 1.29 is 13.9 Å². The SMILES string of the molecule is O=C(N/N=C\c1ccco1)c1cc(-c2cccc(OCc3ccccc3Cl)c2)n[nH]1. The lowest BCUT2D eigenvalue weighted by molar-refractivity contribution is 0.0950. The molecule has 0 atom stereocenters. The molecule has 2 aromatic carbocycles. The first-order valence-corrected chi connectivity index (χ1v) is 9.46. The van der Waals surface area contributed by atoms with Gasteiger partial charge >= 0.3 is 0 Å². The number of hydrogen-bond donors (Lipinski definition) is 2. The van der Waals surface area contributed by atoms with Crippen molar-refractivity contribution in [1.29, 1.82) is 0 Å². The lowest BCUT2D eigenvalue weighted by Gasteiger charge is -2.08. The van der Waals surface area contributed by atoms with Crippen molar-refractivity contribution in [1.82, 2.24) is 15.6 Å². The number of rotatable bonds is 7. The number of halogens is 1. The van der Waals surface area contributed by atoms with Gasteiger partial charge in [0.05, 0.1) is 18.2 Å². The molecule has 0 saturated heterocycles. The Morgan fingerprint density at radius 3 is 2.90 bits per heavy atom. The third kappa shape index (κ3) is 4.76. The maximum atomic E-state index is 12.2. The number of amides is 1. The van der Waals surface area contributed by atoms with Gasteiger partial charge in [-0.15, -0.1) is 0 Å². The molecule has 1 amide bonds. The molecule has 2 heterocycles. The molecule has 4 rings (SSSR count). The van der Waals surface area contributed by atoms with Gasteiger partial charge in [0.2, 0.25) is 0 Å². The van der Waals surface area contributed by atoms with Crippen LogP contribution >= 0.6 is 11.6 Å². The molecule has 0 spiro atoms. The molecule has 0 aliphatic carbocycles. The van der Waals surface area contributed by atoms with E-state index in [1.54, 1.807) is 18.2 Å². The van der Waals surface area contributed by atoms with Crippen LogP contribution in [0.2, 0.25) is 5.02 Å². The fraction of sp³-hybridized carbons (Fsp3) is 0.0455. The minimum absolute atomic E-state index is 0.281. The fourth-order valence-corrected chi connectivity index (χ4v) is 2.88. The number of benzene rings is 2. The number of nitrogens with one attached hydrogen (secondary N) is 2. The highest BCUT2D eigenvalue weighted by Crippen LogP contribution is 2.24. The largest absolute Gasteiger partial charge is 0.489 e. The van der Waals surface area contributed by atoms with Crippen molar-refractivity contribution in [3.8, 4) is 17.0 Å². The second-order valence-electron chi connectivity index (χ2n) is 6.29. The van der Waals surface area contributed by atoms with Gasteiger partial charge in [-0.2, -0.15) is 10.2 Å². The molecule has 0 unspecified atom stereocenters. The fourth-order valence-electron chi connectivity index (χ4n) is 2.69. The van der Waals surface area contributed by atoms with Crippen molar-refractivity contribution in [3.63, 3.8) is 0 Å². The smallest absolute Gasteiger partial charge is 0.289 e. The summed E-state index contributed by atoms with van der Waals surface area (Å²) in [6, 6.07) is 20.1. The van der Waals surface area contributed by atoms with Gasteiger partial charge < -0.3 is 9.15 Å². The molecule has 0 aliphatic heterocycles. The van der Waals surface area contributed by atoms with E-state index in [9.17, 15) is 4.79 Å². The Kier molecular flexibility index (Phi) is 5.91. The number of hydrazone groups is 1. The molecule has 0 bridgehead atoms. The van der Waals surface area contributed by atoms with Gasteiger partial charge in [0.25, 0.3) is 5.91 Å². The zero-order valence-electron chi connectivity index (χ0n) is 15.7. The Balaban J connectivity index is 1.41. The number of hydrogen-bond acceptors (Lipinski definition) is 5. The van der Waals surface area contributed by atoms with Crippen molar-refractivity contribution in [2.24, 2.45) is 5.10 Å². The molecule has 8 heteroatoms. The maximum absolute atomic E-state index is 12.2. The highest BCUT2D eigenvalue weighted by Gasteiger charge is 2.11. The van der Waals surface area contributed by atoms with Gasteiger partial charge in [0, 0.05) is 16.1 Å². The summed E-state index contributed by atoms with van der Waals surface area (Å²) in [6.07, 6.45) is 2.94. The molecule has 150 valence electrons. The summed E-state index contributed by atoms with van der Waals surface area (Å²) in [5.74, 6) is 0.793. The number of nitrogens with zero attached hydrogens (tertiary/aromatic N) is 2. The minimum atomic E-state index is -0.414. The quantitative estimate of drug-likeness (QED) is 0.336. The lowest BCUT2D eigenvalue weighted by Crippen LogP contribution is -2.17. The van der Waals surface area contributed by atoms with Crippen LogP contribution in [-0.2, 0) is 6.61 Å². The highest BCUT2D eigenvalue weighted by molar-refractivity contribution is 6.31. The monoisotopic (exact) mass is 420 g/mol. The van der Waals surface area contributed by atoms with Crippen LogP contribution < -0.4 is 10.2 Å². The topological polar surface area (TPSA) is 92.5 Å². The summed E-state index contributed by atoms with van der Waals surface area (Å²) in [4.78, 5) is 12.2. The summed E-state index contributed by atoms with van der Waals surface area (Å²) in [7, 11) is 0. The Labute approximate surface area is 177 Å². The third-order valence-electron chi connectivity index (χ3n) is 4.21. The maximum Gasteiger partial charge on any atom is 0.289 e. The molecule has 4 aromatic rings. The standard InChI is InChI=1S/C22H17ClN4O3/c23-19-9-2-1-5-16(19)14-30-17-7-3-6-15(11-17)20-12-21(26-25-20)22(28)27-24-13-18-8-4-10-29-18/h1-13H,14H2,(H,25,26)(H,27,28)/b24-13-. The molecule has 30 heavy (non-hydrogen) atoms. The van der Waals surface area contributed by atoms with Crippen molar-refractivity contribution in [3.05, 3.63) is 95.0 Å². The number of aromatic amines is 1. The summed E-state index contributed by atoms with van der Waals surface area (Å²) in [6.45, 7) is 0.352. The van der Waals surface area contributed by atoms with Crippen molar-refractivity contribution in [2.75, 3.05) is 0 Å². The van der Waals surface area contributed by atoms with Crippen LogP contribution in [0.25, 0.3) is 11.3 Å². The Morgan fingerprint density at radius 1 is 1.17 bits per heavy atom. The second kappa shape index (κ2) is 9.11. The first-order chi connectivity index (χ1) is 14.7. The zero-order valence-corrected chi connectivity index (χ0v) is 16.5. The van der Waals surface area contributed by atoms with E-state index in [1.807, 2.05) is 48.5 Å². The molecule has 7 nitrogen and oxygen atoms in total. The first kappa shape index (κ1) is 19.5. The molecule has 2 aromatic heterocycles. The van der Waals surface area contributed by atoms with E-state index in [1.165, 1.54) is 12.5 Å². The van der Waals surface area contributed by atoms with Gasteiger partial charge in [0.15, 0.2) is 0 Å². The number of H-pyrrole nitrogens is 1. The number of ether oxygens (including phenoxy) is 1. The predicted molar refractivity (Wildman–Crippen MR) is 114 cm³/mol. The molecule has 0 radical (unpaired) electrons. The van der Waals surface area contributed by atoms with Crippen molar-refractivity contribution in [2.45, 2.75) is 6.61 Å². The molecule has 0 fully saturated rings. The summed E-state index contributed by atoms with van der Waals surface area (Å²) in [5, 5.41) is 11.4. The number of carbonyl (C=O) groups excluding carboxylic acids is 1. The highest BCUT2D eigenvalue weighted by atomic mass is 35.5. The Hall–Kier alpha value is -3.84. The molecule has 2 N–H and O–H groups in total. The predicted octanol–water partition coefficient (Wildman–Crippen LogP) is 4.67. The van der Waals surface area contributed by atoms with Gasteiger partial charge in [-0.1, -0.05) is 41.9 Å². The van der Waals surface area contributed by atoms with Crippen LogP contribution in [0.1, 0.15) is 21.8 Å². The van der Waals surface area contributed by atoms with Crippen LogP contribution in [0.4, 0.5) is 0 Å².